The highest BCUT2D eigenvalue weighted by molar-refractivity contribution is 6.12. The molecule has 1 aliphatic heterocycles. The molecule has 0 spiro atoms. The highest BCUT2D eigenvalue weighted by atomic mass is 16.6. The van der Waals surface area contributed by atoms with E-state index in [1.807, 2.05) is 6.92 Å². The fourth-order valence-corrected chi connectivity index (χ4v) is 2.27. The number of aromatic carboxylic acids is 1. The summed E-state index contributed by atoms with van der Waals surface area (Å²) in [5.74, 6) is -0.603. The van der Waals surface area contributed by atoms with Gasteiger partial charge in [-0.05, 0) is 55.0 Å². The van der Waals surface area contributed by atoms with Crippen LogP contribution in [0.5, 0.6) is 5.75 Å². The Labute approximate surface area is 144 Å². The van der Waals surface area contributed by atoms with Gasteiger partial charge in [-0.25, -0.2) is 14.6 Å². The molecule has 25 heavy (non-hydrogen) atoms. The van der Waals surface area contributed by atoms with Gasteiger partial charge in [0.25, 0.3) is 0 Å². The number of ether oxygens (including phenoxy) is 2. The molecule has 3 rings (SSSR count). The lowest BCUT2D eigenvalue weighted by molar-refractivity contribution is -0.129. The van der Waals surface area contributed by atoms with Crippen LogP contribution < -0.4 is 4.74 Å². The SMILES string of the molecule is CCOc1ccc(C2=N/C(=C\c3ccc(C(=O)O)cc3)C(=O)O2)cc1. The van der Waals surface area contributed by atoms with Gasteiger partial charge in [-0.15, -0.1) is 0 Å². The number of carbonyl (C=O) groups is 2. The van der Waals surface area contributed by atoms with Crippen LogP contribution in [0.4, 0.5) is 0 Å². The quantitative estimate of drug-likeness (QED) is 0.669. The van der Waals surface area contributed by atoms with Crippen LogP contribution in [0.2, 0.25) is 0 Å². The van der Waals surface area contributed by atoms with E-state index in [4.69, 9.17) is 14.6 Å². The average molecular weight is 337 g/mol. The van der Waals surface area contributed by atoms with Gasteiger partial charge in [-0.3, -0.25) is 0 Å². The summed E-state index contributed by atoms with van der Waals surface area (Å²) in [4.78, 5) is 27.1. The molecule has 1 aliphatic rings. The van der Waals surface area contributed by atoms with E-state index in [0.717, 1.165) is 5.75 Å². The molecule has 6 nitrogen and oxygen atoms in total. The number of carboxylic acids is 1. The van der Waals surface area contributed by atoms with Crippen molar-refractivity contribution >= 4 is 23.9 Å². The molecule has 126 valence electrons. The Morgan fingerprint density at radius 2 is 1.84 bits per heavy atom. The number of esters is 1. The predicted octanol–water partition coefficient (Wildman–Crippen LogP) is 3.13. The number of rotatable bonds is 5. The number of hydrogen-bond acceptors (Lipinski definition) is 5. The molecule has 0 aromatic heterocycles. The third kappa shape index (κ3) is 3.74. The number of carbonyl (C=O) groups excluding carboxylic acids is 1. The summed E-state index contributed by atoms with van der Waals surface area (Å²) in [5, 5.41) is 8.90. The van der Waals surface area contributed by atoms with Crippen LogP contribution in [-0.2, 0) is 9.53 Å². The smallest absolute Gasteiger partial charge is 0.363 e. The monoisotopic (exact) mass is 337 g/mol. The molecule has 0 aliphatic carbocycles. The predicted molar refractivity (Wildman–Crippen MR) is 91.6 cm³/mol. The fourth-order valence-electron chi connectivity index (χ4n) is 2.27. The van der Waals surface area contributed by atoms with Crippen molar-refractivity contribution in [3.63, 3.8) is 0 Å². The van der Waals surface area contributed by atoms with E-state index >= 15 is 0 Å². The Hall–Kier alpha value is -3.41. The van der Waals surface area contributed by atoms with E-state index < -0.39 is 11.9 Å². The Bertz CT molecular complexity index is 864. The van der Waals surface area contributed by atoms with Crippen molar-refractivity contribution in [2.75, 3.05) is 6.61 Å². The summed E-state index contributed by atoms with van der Waals surface area (Å²) in [6, 6.07) is 13.2. The second kappa shape index (κ2) is 7.00. The molecule has 0 fully saturated rings. The third-order valence-electron chi connectivity index (χ3n) is 3.49. The minimum absolute atomic E-state index is 0.159. The maximum absolute atomic E-state index is 12.0. The van der Waals surface area contributed by atoms with Gasteiger partial charge in [0.1, 0.15) is 5.75 Å². The standard InChI is InChI=1S/C19H15NO5/c1-2-24-15-9-7-13(8-10-15)17-20-16(19(23)25-17)11-12-3-5-14(6-4-12)18(21)22/h3-11H,2H2,1H3,(H,21,22)/b16-11-. The van der Waals surface area contributed by atoms with Crippen LogP contribution in [0.15, 0.2) is 59.2 Å². The first-order valence-corrected chi connectivity index (χ1v) is 7.66. The summed E-state index contributed by atoms with van der Waals surface area (Å²) < 4.78 is 10.6. The number of nitrogens with zero attached hydrogens (tertiary/aromatic N) is 1. The highest BCUT2D eigenvalue weighted by Crippen LogP contribution is 2.21. The van der Waals surface area contributed by atoms with E-state index in [1.54, 1.807) is 42.5 Å². The van der Waals surface area contributed by atoms with Crippen LogP contribution in [0, 0.1) is 0 Å². The lowest BCUT2D eigenvalue weighted by atomic mass is 10.1. The van der Waals surface area contributed by atoms with Crippen LogP contribution in [0.25, 0.3) is 6.08 Å². The molecular formula is C19H15NO5. The zero-order valence-corrected chi connectivity index (χ0v) is 13.4. The van der Waals surface area contributed by atoms with Crippen molar-refractivity contribution in [2.45, 2.75) is 6.92 Å². The second-order valence-electron chi connectivity index (χ2n) is 5.22. The number of benzene rings is 2. The molecule has 0 saturated carbocycles. The summed E-state index contributed by atoms with van der Waals surface area (Å²) in [7, 11) is 0. The lowest BCUT2D eigenvalue weighted by Gasteiger charge is -2.03. The van der Waals surface area contributed by atoms with Crippen LogP contribution in [0.1, 0.15) is 28.4 Å². The number of hydrogen-bond donors (Lipinski definition) is 1. The zero-order valence-electron chi connectivity index (χ0n) is 13.4. The van der Waals surface area contributed by atoms with Crippen LogP contribution in [-0.4, -0.2) is 29.5 Å². The van der Waals surface area contributed by atoms with Gasteiger partial charge in [0.2, 0.25) is 5.90 Å². The second-order valence-corrected chi connectivity index (χ2v) is 5.22. The molecular weight excluding hydrogens is 322 g/mol. The van der Waals surface area contributed by atoms with Crippen LogP contribution >= 0.6 is 0 Å². The van der Waals surface area contributed by atoms with Crippen molar-refractivity contribution < 1.29 is 24.2 Å². The molecule has 6 heteroatoms. The number of carboxylic acid groups (broad SMARTS) is 1. The van der Waals surface area contributed by atoms with Gasteiger partial charge in [0.15, 0.2) is 5.70 Å². The molecule has 1 heterocycles. The molecule has 2 aromatic rings. The maximum Gasteiger partial charge on any atom is 0.363 e. The highest BCUT2D eigenvalue weighted by Gasteiger charge is 2.24. The first-order chi connectivity index (χ1) is 12.1. The molecule has 0 unspecified atom stereocenters. The van der Waals surface area contributed by atoms with Gasteiger partial charge >= 0.3 is 11.9 Å². The molecule has 0 saturated heterocycles. The summed E-state index contributed by atoms with van der Waals surface area (Å²) in [6.07, 6.45) is 1.55. The molecule has 0 atom stereocenters. The molecule has 1 N–H and O–H groups in total. The van der Waals surface area contributed by atoms with Gasteiger partial charge in [0.05, 0.1) is 12.2 Å². The van der Waals surface area contributed by atoms with Crippen molar-refractivity contribution in [3.8, 4) is 5.75 Å². The molecule has 2 aromatic carbocycles. The van der Waals surface area contributed by atoms with E-state index in [2.05, 4.69) is 4.99 Å². The van der Waals surface area contributed by atoms with Gasteiger partial charge in [-0.1, -0.05) is 12.1 Å². The first-order valence-electron chi connectivity index (χ1n) is 7.66. The minimum Gasteiger partial charge on any atom is -0.494 e. The minimum atomic E-state index is -1.00. The van der Waals surface area contributed by atoms with Crippen LogP contribution in [0.3, 0.4) is 0 Å². The third-order valence-corrected chi connectivity index (χ3v) is 3.49. The van der Waals surface area contributed by atoms with E-state index in [0.29, 0.717) is 17.7 Å². The van der Waals surface area contributed by atoms with Crippen molar-refractivity contribution in [3.05, 3.63) is 70.9 Å². The Kier molecular flexibility index (Phi) is 4.61. The Morgan fingerprint density at radius 1 is 1.16 bits per heavy atom. The summed E-state index contributed by atoms with van der Waals surface area (Å²) in [5.41, 5.74) is 1.66. The molecule has 0 radical (unpaired) electrons. The van der Waals surface area contributed by atoms with E-state index in [-0.39, 0.29) is 17.2 Å². The average Bonchev–Trinajstić information content (AvgIpc) is 2.97. The molecule has 0 bridgehead atoms. The van der Waals surface area contributed by atoms with Gasteiger partial charge in [-0.2, -0.15) is 0 Å². The number of aliphatic imine (C=N–C) groups is 1. The summed E-state index contributed by atoms with van der Waals surface area (Å²) >= 11 is 0. The van der Waals surface area contributed by atoms with E-state index in [9.17, 15) is 9.59 Å². The lowest BCUT2D eigenvalue weighted by Crippen LogP contribution is -2.05. The van der Waals surface area contributed by atoms with E-state index in [1.165, 1.54) is 12.1 Å². The Balaban J connectivity index is 1.82. The number of cyclic esters (lactones) is 1. The van der Waals surface area contributed by atoms with Crippen molar-refractivity contribution in [1.29, 1.82) is 0 Å². The van der Waals surface area contributed by atoms with Gasteiger partial charge < -0.3 is 14.6 Å². The summed E-state index contributed by atoms with van der Waals surface area (Å²) in [6.45, 7) is 2.47. The largest absolute Gasteiger partial charge is 0.494 e. The van der Waals surface area contributed by atoms with Crippen molar-refractivity contribution in [1.82, 2.24) is 0 Å². The maximum atomic E-state index is 12.0. The first kappa shape index (κ1) is 16.4. The normalized spacial score (nSPS) is 15.0. The zero-order chi connectivity index (χ0) is 17.8. The topological polar surface area (TPSA) is 85.2 Å². The van der Waals surface area contributed by atoms with Crippen molar-refractivity contribution in [2.24, 2.45) is 4.99 Å². The van der Waals surface area contributed by atoms with Gasteiger partial charge in [0, 0.05) is 5.56 Å². The fraction of sp³-hybridized carbons (Fsp3) is 0.105. The Morgan fingerprint density at radius 3 is 2.44 bits per heavy atom. The molecule has 0 amide bonds.